The highest BCUT2D eigenvalue weighted by atomic mass is 32.2. The minimum Gasteiger partial charge on any atom is -0.381 e. The van der Waals surface area contributed by atoms with Crippen molar-refractivity contribution in [3.8, 4) is 11.3 Å². The summed E-state index contributed by atoms with van der Waals surface area (Å²) >= 11 is 0. The molecule has 1 heterocycles. The maximum absolute atomic E-state index is 12.3. The summed E-state index contributed by atoms with van der Waals surface area (Å²) in [6.07, 6.45) is 1.46. The SMILES string of the molecule is Nc1cc(-c2ccccc2S(=O)(=O)C2CC2)on1. The minimum absolute atomic E-state index is 0.239. The summed E-state index contributed by atoms with van der Waals surface area (Å²) in [4.78, 5) is 0.295. The van der Waals surface area contributed by atoms with Gasteiger partial charge in [-0.3, -0.25) is 0 Å². The van der Waals surface area contributed by atoms with Gasteiger partial charge in [0, 0.05) is 11.6 Å². The molecule has 6 heteroatoms. The lowest BCUT2D eigenvalue weighted by Gasteiger charge is -2.06. The number of nitrogens with two attached hydrogens (primary N) is 1. The van der Waals surface area contributed by atoms with Crippen molar-refractivity contribution < 1.29 is 12.9 Å². The summed E-state index contributed by atoms with van der Waals surface area (Å²) in [5.41, 5.74) is 6.01. The Balaban J connectivity index is 2.16. The maximum atomic E-state index is 12.3. The van der Waals surface area contributed by atoms with Gasteiger partial charge in [-0.05, 0) is 25.0 Å². The molecule has 1 aliphatic carbocycles. The minimum atomic E-state index is -3.26. The van der Waals surface area contributed by atoms with Crippen molar-refractivity contribution in [1.29, 1.82) is 0 Å². The molecule has 1 aromatic heterocycles. The number of rotatable bonds is 3. The third-order valence-corrected chi connectivity index (χ3v) is 5.27. The third kappa shape index (κ3) is 1.78. The van der Waals surface area contributed by atoms with Crippen LogP contribution in [0.3, 0.4) is 0 Å². The van der Waals surface area contributed by atoms with E-state index in [2.05, 4.69) is 5.16 Å². The van der Waals surface area contributed by atoms with Crippen LogP contribution in [0, 0.1) is 0 Å². The highest BCUT2D eigenvalue weighted by Gasteiger charge is 2.38. The van der Waals surface area contributed by atoms with Crippen molar-refractivity contribution in [2.45, 2.75) is 23.0 Å². The number of hydrogen-bond donors (Lipinski definition) is 1. The summed E-state index contributed by atoms with van der Waals surface area (Å²) in [5, 5.41) is 3.33. The van der Waals surface area contributed by atoms with Crippen LogP contribution in [0.5, 0.6) is 0 Å². The van der Waals surface area contributed by atoms with Gasteiger partial charge in [-0.2, -0.15) is 0 Å². The molecule has 1 saturated carbocycles. The molecule has 0 spiro atoms. The fourth-order valence-electron chi connectivity index (χ4n) is 1.89. The molecule has 94 valence electrons. The van der Waals surface area contributed by atoms with E-state index >= 15 is 0 Å². The lowest BCUT2D eigenvalue weighted by atomic mass is 10.2. The smallest absolute Gasteiger partial charge is 0.181 e. The first-order valence-corrected chi connectivity index (χ1v) is 7.19. The second-order valence-corrected chi connectivity index (χ2v) is 6.55. The van der Waals surface area contributed by atoms with Gasteiger partial charge >= 0.3 is 0 Å². The van der Waals surface area contributed by atoms with Crippen molar-refractivity contribution in [3.05, 3.63) is 30.3 Å². The zero-order chi connectivity index (χ0) is 12.8. The highest BCUT2D eigenvalue weighted by molar-refractivity contribution is 7.92. The Morgan fingerprint density at radius 2 is 2.00 bits per heavy atom. The van der Waals surface area contributed by atoms with E-state index in [1.807, 2.05) is 0 Å². The van der Waals surface area contributed by atoms with Gasteiger partial charge in [0.2, 0.25) is 0 Å². The summed E-state index contributed by atoms with van der Waals surface area (Å²) < 4.78 is 29.7. The van der Waals surface area contributed by atoms with E-state index in [9.17, 15) is 8.42 Å². The van der Waals surface area contributed by atoms with E-state index in [0.29, 0.717) is 16.2 Å². The Bertz CT molecular complexity index is 687. The molecule has 0 amide bonds. The molecular weight excluding hydrogens is 252 g/mol. The van der Waals surface area contributed by atoms with E-state index in [4.69, 9.17) is 10.3 Å². The molecule has 1 aromatic carbocycles. The first-order valence-electron chi connectivity index (χ1n) is 5.64. The van der Waals surface area contributed by atoms with Gasteiger partial charge in [0.05, 0.1) is 10.1 Å². The molecule has 0 atom stereocenters. The Kier molecular flexibility index (Phi) is 2.41. The molecule has 5 nitrogen and oxygen atoms in total. The number of nitrogen functional groups attached to an aromatic ring is 1. The second-order valence-electron chi connectivity index (χ2n) is 4.36. The quantitative estimate of drug-likeness (QED) is 0.914. The number of hydrogen-bond acceptors (Lipinski definition) is 5. The standard InChI is InChI=1S/C12H12N2O3S/c13-12-7-10(17-14-12)9-3-1-2-4-11(9)18(15,16)8-5-6-8/h1-4,7-8H,5-6H2,(H2,13,14). The van der Waals surface area contributed by atoms with Crippen LogP contribution in [0.25, 0.3) is 11.3 Å². The van der Waals surface area contributed by atoms with Crippen LogP contribution in [0.15, 0.2) is 39.8 Å². The average molecular weight is 264 g/mol. The molecule has 18 heavy (non-hydrogen) atoms. The highest BCUT2D eigenvalue weighted by Crippen LogP contribution is 2.38. The zero-order valence-electron chi connectivity index (χ0n) is 9.54. The average Bonchev–Trinajstić information content (AvgIpc) is 3.13. The van der Waals surface area contributed by atoms with Crippen LogP contribution >= 0.6 is 0 Å². The van der Waals surface area contributed by atoms with Gasteiger partial charge < -0.3 is 10.3 Å². The molecule has 3 rings (SSSR count). The predicted octanol–water partition coefficient (Wildman–Crippen LogP) is 1.86. The van der Waals surface area contributed by atoms with Gasteiger partial charge in [0.15, 0.2) is 21.4 Å². The normalized spacial score (nSPS) is 15.8. The van der Waals surface area contributed by atoms with Crippen LogP contribution in [0.1, 0.15) is 12.8 Å². The van der Waals surface area contributed by atoms with Crippen LogP contribution < -0.4 is 5.73 Å². The fraction of sp³-hybridized carbons (Fsp3) is 0.250. The van der Waals surface area contributed by atoms with Gasteiger partial charge in [0.25, 0.3) is 0 Å². The van der Waals surface area contributed by atoms with Crippen molar-refractivity contribution in [2.24, 2.45) is 0 Å². The van der Waals surface area contributed by atoms with Gasteiger partial charge in [-0.25, -0.2) is 8.42 Å². The van der Waals surface area contributed by atoms with Crippen molar-refractivity contribution in [3.63, 3.8) is 0 Å². The van der Waals surface area contributed by atoms with E-state index in [-0.39, 0.29) is 11.1 Å². The molecule has 2 aromatic rings. The van der Waals surface area contributed by atoms with Crippen molar-refractivity contribution >= 4 is 15.7 Å². The Hall–Kier alpha value is -1.82. The number of benzene rings is 1. The van der Waals surface area contributed by atoms with Gasteiger partial charge in [-0.1, -0.05) is 17.3 Å². The van der Waals surface area contributed by atoms with Crippen LogP contribution in [0.4, 0.5) is 5.82 Å². The monoisotopic (exact) mass is 264 g/mol. The Morgan fingerprint density at radius 1 is 1.28 bits per heavy atom. The lowest BCUT2D eigenvalue weighted by molar-refractivity contribution is 0.435. The molecule has 0 saturated heterocycles. The van der Waals surface area contributed by atoms with Crippen LogP contribution in [-0.4, -0.2) is 18.8 Å². The molecule has 0 radical (unpaired) electrons. The largest absolute Gasteiger partial charge is 0.381 e. The van der Waals surface area contributed by atoms with Gasteiger partial charge in [-0.15, -0.1) is 0 Å². The summed E-state index contributed by atoms with van der Waals surface area (Å²) in [7, 11) is -3.26. The van der Waals surface area contributed by atoms with E-state index in [1.165, 1.54) is 6.07 Å². The molecule has 2 N–H and O–H groups in total. The molecule has 0 aliphatic heterocycles. The van der Waals surface area contributed by atoms with Crippen LogP contribution in [-0.2, 0) is 9.84 Å². The van der Waals surface area contributed by atoms with Crippen molar-refractivity contribution in [2.75, 3.05) is 5.73 Å². The molecule has 0 unspecified atom stereocenters. The Morgan fingerprint density at radius 3 is 2.61 bits per heavy atom. The van der Waals surface area contributed by atoms with Crippen LogP contribution in [0.2, 0.25) is 0 Å². The zero-order valence-corrected chi connectivity index (χ0v) is 10.4. The fourth-order valence-corrected chi connectivity index (χ4v) is 3.75. The number of sulfone groups is 1. The molecule has 0 bridgehead atoms. The summed E-state index contributed by atoms with van der Waals surface area (Å²) in [5.74, 6) is 0.621. The van der Waals surface area contributed by atoms with E-state index < -0.39 is 9.84 Å². The van der Waals surface area contributed by atoms with E-state index in [1.54, 1.807) is 24.3 Å². The predicted molar refractivity (Wildman–Crippen MR) is 66.6 cm³/mol. The first-order chi connectivity index (χ1) is 8.59. The maximum Gasteiger partial charge on any atom is 0.181 e. The molecule has 1 aliphatic rings. The number of anilines is 1. The summed E-state index contributed by atoms with van der Waals surface area (Å²) in [6.45, 7) is 0. The van der Waals surface area contributed by atoms with Crippen molar-refractivity contribution in [1.82, 2.24) is 5.16 Å². The summed E-state index contributed by atoms with van der Waals surface area (Å²) in [6, 6.07) is 8.30. The molecule has 1 fully saturated rings. The Labute approximate surface area is 105 Å². The second kappa shape index (κ2) is 3.84. The molecular formula is C12H12N2O3S. The third-order valence-electron chi connectivity index (χ3n) is 2.95. The first kappa shape index (κ1) is 11.3. The van der Waals surface area contributed by atoms with Gasteiger partial charge in [0.1, 0.15) is 0 Å². The topological polar surface area (TPSA) is 86.2 Å². The lowest BCUT2D eigenvalue weighted by Crippen LogP contribution is -2.08. The number of nitrogens with zero attached hydrogens (tertiary/aromatic N) is 1. The number of aromatic nitrogens is 1. The van der Waals surface area contributed by atoms with E-state index in [0.717, 1.165) is 12.8 Å².